The molecule has 3 aromatic rings. The van der Waals surface area contributed by atoms with Gasteiger partial charge in [-0.1, -0.05) is 45.0 Å². The first kappa shape index (κ1) is 29.8. The standard InChI is InChI=1S/C30H41N5O4S/c1-19-17-35(18-20(2)39-19)12-13-38-25-11-10-23(21-8-6-7-9-22(21)25)33-29(37)34-24-14-27(30(3,4)5)40-26(24)16-32-28(36)15-31/h6-11,14,19-20H,12-13,15-18,31H2,1-5H3,(H,32,36)(H2,33,34,37)/t19-,20+. The van der Waals surface area contributed by atoms with E-state index < -0.39 is 0 Å². The second-order valence-corrected chi connectivity index (χ2v) is 12.4. The number of urea groups is 1. The number of carbonyl (C=O) groups is 2. The molecule has 1 saturated heterocycles. The molecule has 0 saturated carbocycles. The van der Waals surface area contributed by atoms with Crippen molar-refractivity contribution in [2.75, 3.05) is 43.4 Å². The number of amides is 3. The molecule has 0 bridgehead atoms. The number of anilines is 2. The first-order valence-electron chi connectivity index (χ1n) is 13.7. The van der Waals surface area contributed by atoms with E-state index in [1.807, 2.05) is 42.5 Å². The fourth-order valence-corrected chi connectivity index (χ4v) is 5.93. The zero-order valence-corrected chi connectivity index (χ0v) is 24.8. The highest BCUT2D eigenvalue weighted by atomic mass is 32.1. The van der Waals surface area contributed by atoms with Crippen molar-refractivity contribution in [1.82, 2.24) is 10.2 Å². The average Bonchev–Trinajstić information content (AvgIpc) is 3.31. The Morgan fingerprint density at radius 3 is 2.40 bits per heavy atom. The molecule has 2 atom stereocenters. The van der Waals surface area contributed by atoms with Crippen LogP contribution in [-0.4, -0.2) is 61.8 Å². The van der Waals surface area contributed by atoms with Crippen molar-refractivity contribution in [3.05, 3.63) is 52.2 Å². The number of nitrogens with zero attached hydrogens (tertiary/aromatic N) is 1. The molecule has 216 valence electrons. The fourth-order valence-electron chi connectivity index (χ4n) is 4.82. The summed E-state index contributed by atoms with van der Waals surface area (Å²) in [5.74, 6) is 0.533. The van der Waals surface area contributed by atoms with Crippen LogP contribution in [0.3, 0.4) is 0 Å². The average molecular weight is 568 g/mol. The molecule has 0 radical (unpaired) electrons. The molecule has 5 N–H and O–H groups in total. The Morgan fingerprint density at radius 2 is 1.73 bits per heavy atom. The Kier molecular flexibility index (Phi) is 9.68. The van der Waals surface area contributed by atoms with Gasteiger partial charge < -0.3 is 31.2 Å². The quantitative estimate of drug-likeness (QED) is 0.292. The van der Waals surface area contributed by atoms with Gasteiger partial charge in [-0.2, -0.15) is 0 Å². The van der Waals surface area contributed by atoms with Gasteiger partial charge >= 0.3 is 6.03 Å². The van der Waals surface area contributed by atoms with Crippen LogP contribution < -0.4 is 26.4 Å². The lowest BCUT2D eigenvalue weighted by Gasteiger charge is -2.35. The maximum atomic E-state index is 13.1. The summed E-state index contributed by atoms with van der Waals surface area (Å²) in [5.41, 5.74) is 6.69. The summed E-state index contributed by atoms with van der Waals surface area (Å²) in [5, 5.41) is 10.6. The summed E-state index contributed by atoms with van der Waals surface area (Å²) in [6, 6.07) is 13.3. The molecule has 3 amide bonds. The number of benzene rings is 2. The van der Waals surface area contributed by atoms with Gasteiger partial charge in [-0.3, -0.25) is 9.69 Å². The number of carbonyl (C=O) groups excluding carboxylic acids is 2. The Labute approximate surface area is 240 Å². The molecule has 9 nitrogen and oxygen atoms in total. The number of morpholine rings is 1. The van der Waals surface area contributed by atoms with Gasteiger partial charge in [0, 0.05) is 40.2 Å². The maximum Gasteiger partial charge on any atom is 0.323 e. The van der Waals surface area contributed by atoms with Crippen molar-refractivity contribution in [3.63, 3.8) is 0 Å². The Balaban J connectivity index is 1.45. The number of hydrogen-bond acceptors (Lipinski definition) is 7. The largest absolute Gasteiger partial charge is 0.492 e. The lowest BCUT2D eigenvalue weighted by atomic mass is 9.94. The summed E-state index contributed by atoms with van der Waals surface area (Å²) >= 11 is 1.56. The molecule has 2 heterocycles. The molecule has 4 rings (SSSR count). The van der Waals surface area contributed by atoms with Crippen LogP contribution in [0.4, 0.5) is 16.2 Å². The number of ether oxygens (including phenoxy) is 2. The summed E-state index contributed by atoms with van der Waals surface area (Å²) in [6.07, 6.45) is 0.437. The van der Waals surface area contributed by atoms with Crippen LogP contribution in [0.1, 0.15) is 44.4 Å². The zero-order valence-electron chi connectivity index (χ0n) is 24.0. The van der Waals surface area contributed by atoms with Crippen molar-refractivity contribution in [2.45, 2.75) is 58.8 Å². The van der Waals surface area contributed by atoms with Crippen LogP contribution in [0.25, 0.3) is 10.8 Å². The molecule has 0 unspecified atom stereocenters. The molecule has 1 aromatic heterocycles. The van der Waals surface area contributed by atoms with E-state index in [0.717, 1.165) is 45.9 Å². The van der Waals surface area contributed by atoms with Gasteiger partial charge in [-0.15, -0.1) is 11.3 Å². The van der Waals surface area contributed by atoms with Gasteiger partial charge in [-0.25, -0.2) is 4.79 Å². The second kappa shape index (κ2) is 13.0. The highest BCUT2D eigenvalue weighted by Crippen LogP contribution is 2.36. The minimum Gasteiger partial charge on any atom is -0.492 e. The normalized spacial score (nSPS) is 17.9. The number of fused-ring (bicyclic) bond motifs is 1. The summed E-state index contributed by atoms with van der Waals surface area (Å²) in [6.45, 7) is 13.9. The topological polar surface area (TPSA) is 118 Å². The maximum absolute atomic E-state index is 13.1. The number of nitrogens with two attached hydrogens (primary N) is 1. The molecular formula is C30H41N5O4S. The van der Waals surface area contributed by atoms with E-state index in [-0.39, 0.29) is 36.1 Å². The summed E-state index contributed by atoms with van der Waals surface area (Å²) in [4.78, 5) is 29.2. The van der Waals surface area contributed by atoms with E-state index in [4.69, 9.17) is 15.2 Å². The van der Waals surface area contributed by atoms with E-state index in [1.165, 1.54) is 0 Å². The predicted molar refractivity (Wildman–Crippen MR) is 162 cm³/mol. The Morgan fingerprint density at radius 1 is 1.05 bits per heavy atom. The second-order valence-electron chi connectivity index (χ2n) is 11.3. The van der Waals surface area contributed by atoms with Gasteiger partial charge in [0.05, 0.1) is 36.7 Å². The molecule has 10 heteroatoms. The molecule has 0 spiro atoms. The summed E-state index contributed by atoms with van der Waals surface area (Å²) in [7, 11) is 0. The smallest absolute Gasteiger partial charge is 0.323 e. The van der Waals surface area contributed by atoms with E-state index in [9.17, 15) is 9.59 Å². The first-order chi connectivity index (χ1) is 19.0. The minimum absolute atomic E-state index is 0.0842. The van der Waals surface area contributed by atoms with Crippen LogP contribution >= 0.6 is 11.3 Å². The lowest BCUT2D eigenvalue weighted by molar-refractivity contribution is -0.119. The van der Waals surface area contributed by atoms with Crippen LogP contribution in [0.15, 0.2) is 42.5 Å². The molecule has 40 heavy (non-hydrogen) atoms. The van der Waals surface area contributed by atoms with Gasteiger partial charge in [0.15, 0.2) is 0 Å². The van der Waals surface area contributed by atoms with Crippen molar-refractivity contribution in [3.8, 4) is 5.75 Å². The summed E-state index contributed by atoms with van der Waals surface area (Å²) < 4.78 is 12.0. The Bertz CT molecular complexity index is 1330. The van der Waals surface area contributed by atoms with E-state index in [1.54, 1.807) is 11.3 Å². The number of hydrogen-bond donors (Lipinski definition) is 4. The van der Waals surface area contributed by atoms with Crippen molar-refractivity contribution >= 4 is 45.4 Å². The molecule has 1 aliphatic rings. The monoisotopic (exact) mass is 567 g/mol. The van der Waals surface area contributed by atoms with Crippen LogP contribution in [0, 0.1) is 0 Å². The third kappa shape index (κ3) is 7.72. The number of rotatable bonds is 9. The number of thiophene rings is 1. The van der Waals surface area contributed by atoms with Crippen LogP contribution in [0.2, 0.25) is 0 Å². The highest BCUT2D eigenvalue weighted by Gasteiger charge is 2.23. The van der Waals surface area contributed by atoms with Gasteiger partial charge in [0.2, 0.25) is 5.91 Å². The van der Waals surface area contributed by atoms with E-state index >= 15 is 0 Å². The molecule has 2 aromatic carbocycles. The molecule has 1 aliphatic heterocycles. The van der Waals surface area contributed by atoms with Crippen molar-refractivity contribution in [1.29, 1.82) is 0 Å². The third-order valence-electron chi connectivity index (χ3n) is 6.72. The molecule has 1 fully saturated rings. The number of nitrogens with one attached hydrogen (secondary N) is 3. The first-order valence-corrected chi connectivity index (χ1v) is 14.6. The zero-order chi connectivity index (χ0) is 28.9. The van der Waals surface area contributed by atoms with Crippen LogP contribution in [-0.2, 0) is 21.5 Å². The van der Waals surface area contributed by atoms with Gasteiger partial charge in [0.1, 0.15) is 12.4 Å². The lowest BCUT2D eigenvalue weighted by Crippen LogP contribution is -2.46. The van der Waals surface area contributed by atoms with Crippen molar-refractivity contribution < 1.29 is 19.1 Å². The molecule has 0 aliphatic carbocycles. The minimum atomic E-state index is -0.362. The third-order valence-corrected chi connectivity index (χ3v) is 8.28. The highest BCUT2D eigenvalue weighted by molar-refractivity contribution is 7.12. The van der Waals surface area contributed by atoms with Gasteiger partial charge in [0.25, 0.3) is 0 Å². The fraction of sp³-hybridized carbons (Fsp3) is 0.467. The van der Waals surface area contributed by atoms with Crippen molar-refractivity contribution in [2.24, 2.45) is 5.73 Å². The Hall–Kier alpha value is -3.18. The van der Waals surface area contributed by atoms with Crippen LogP contribution in [0.5, 0.6) is 5.75 Å². The molecular weight excluding hydrogens is 526 g/mol. The predicted octanol–water partition coefficient (Wildman–Crippen LogP) is 4.91. The van der Waals surface area contributed by atoms with E-state index in [2.05, 4.69) is 55.5 Å². The van der Waals surface area contributed by atoms with Gasteiger partial charge in [-0.05, 0) is 37.5 Å². The van der Waals surface area contributed by atoms with E-state index in [0.29, 0.717) is 24.5 Å². The SMILES string of the molecule is C[C@@H]1CN(CCOc2ccc(NC(=O)Nc3cc(C(C)(C)C)sc3CNC(=O)CN)c3ccccc23)C[C@H](C)O1.